The number of benzene rings is 2. The first-order valence-corrected chi connectivity index (χ1v) is 9.86. The first kappa shape index (κ1) is 20.3. The van der Waals surface area contributed by atoms with E-state index in [2.05, 4.69) is 5.10 Å². The average Bonchev–Trinajstić information content (AvgIpc) is 3.44. The number of para-hydroxylation sites is 1. The number of methoxy groups -OCH3 is 1. The number of esters is 1. The number of ketones is 1. The number of carbonyl (C=O) groups is 3. The maximum Gasteiger partial charge on any atom is 0.363 e. The Morgan fingerprint density at radius 2 is 1.84 bits per heavy atom. The molecule has 1 fully saturated rings. The van der Waals surface area contributed by atoms with Crippen molar-refractivity contribution in [2.45, 2.75) is 12.8 Å². The molecule has 0 unspecified atom stereocenters. The zero-order valence-electron chi connectivity index (χ0n) is 17.0. The predicted molar refractivity (Wildman–Crippen MR) is 113 cm³/mol. The van der Waals surface area contributed by atoms with Crippen molar-refractivity contribution in [1.82, 2.24) is 9.78 Å². The second kappa shape index (κ2) is 8.83. The highest BCUT2D eigenvalue weighted by Gasteiger charge is 2.24. The van der Waals surface area contributed by atoms with Crippen LogP contribution in [0.4, 0.5) is 5.69 Å². The van der Waals surface area contributed by atoms with Gasteiger partial charge in [0.05, 0.1) is 19.0 Å². The molecule has 0 spiro atoms. The van der Waals surface area contributed by atoms with Crippen LogP contribution < -0.4 is 9.64 Å². The highest BCUT2D eigenvalue weighted by molar-refractivity contribution is 6.01. The molecule has 31 heavy (non-hydrogen) atoms. The SMILES string of the molecule is COc1cn(-c2ccccc2)nc1C(=O)OCC(=O)c1cccc(N2CCCC2=O)c1. The molecule has 1 aliphatic heterocycles. The number of carbonyl (C=O) groups excluding carboxylic acids is 3. The first-order chi connectivity index (χ1) is 15.1. The van der Waals surface area contributed by atoms with E-state index < -0.39 is 12.6 Å². The van der Waals surface area contributed by atoms with E-state index in [1.807, 2.05) is 30.3 Å². The Morgan fingerprint density at radius 3 is 2.55 bits per heavy atom. The Hall–Kier alpha value is -3.94. The van der Waals surface area contributed by atoms with E-state index in [1.165, 1.54) is 11.8 Å². The number of hydrogen-bond donors (Lipinski definition) is 0. The molecule has 8 heteroatoms. The van der Waals surface area contributed by atoms with E-state index in [4.69, 9.17) is 9.47 Å². The summed E-state index contributed by atoms with van der Waals surface area (Å²) in [5.41, 5.74) is 1.77. The summed E-state index contributed by atoms with van der Waals surface area (Å²) in [6.07, 6.45) is 2.88. The second-order valence-electron chi connectivity index (χ2n) is 7.02. The maximum absolute atomic E-state index is 12.6. The van der Waals surface area contributed by atoms with Crippen LogP contribution in [-0.4, -0.2) is 47.7 Å². The standard InChI is InChI=1S/C23H21N3O5/c1-30-20-14-26(17-8-3-2-4-9-17)24-22(20)23(29)31-15-19(27)16-7-5-10-18(13-16)25-12-6-11-21(25)28/h2-5,7-10,13-14H,6,11-12,15H2,1H3. The van der Waals surface area contributed by atoms with Gasteiger partial charge in [-0.2, -0.15) is 5.10 Å². The van der Waals surface area contributed by atoms with Crippen molar-refractivity contribution in [2.24, 2.45) is 0 Å². The lowest BCUT2D eigenvalue weighted by Gasteiger charge is -2.16. The molecule has 1 aliphatic rings. The molecular formula is C23H21N3O5. The Labute approximate surface area is 179 Å². The molecule has 2 aromatic carbocycles. The average molecular weight is 419 g/mol. The molecule has 4 rings (SSSR count). The lowest BCUT2D eigenvalue weighted by Crippen LogP contribution is -2.24. The molecule has 0 radical (unpaired) electrons. The minimum atomic E-state index is -0.759. The minimum Gasteiger partial charge on any atom is -0.493 e. The number of amides is 1. The van der Waals surface area contributed by atoms with Crippen molar-refractivity contribution in [3.05, 3.63) is 72.1 Å². The van der Waals surface area contributed by atoms with Crippen LogP contribution in [0.25, 0.3) is 5.69 Å². The topological polar surface area (TPSA) is 90.7 Å². The molecule has 0 atom stereocenters. The van der Waals surface area contributed by atoms with Crippen LogP contribution in [0, 0.1) is 0 Å². The van der Waals surface area contributed by atoms with E-state index in [0.29, 0.717) is 24.2 Å². The Kier molecular flexibility index (Phi) is 5.79. The number of rotatable bonds is 7. The lowest BCUT2D eigenvalue weighted by atomic mass is 10.1. The van der Waals surface area contributed by atoms with Gasteiger partial charge in [-0.25, -0.2) is 9.48 Å². The Balaban J connectivity index is 1.45. The molecule has 0 N–H and O–H groups in total. The van der Waals surface area contributed by atoms with Gasteiger partial charge in [-0.3, -0.25) is 9.59 Å². The lowest BCUT2D eigenvalue weighted by molar-refractivity contribution is -0.117. The number of aromatic nitrogens is 2. The highest BCUT2D eigenvalue weighted by Crippen LogP contribution is 2.23. The molecule has 1 aromatic heterocycles. The van der Waals surface area contributed by atoms with Crippen molar-refractivity contribution in [3.8, 4) is 11.4 Å². The van der Waals surface area contributed by atoms with Crippen LogP contribution in [0.1, 0.15) is 33.7 Å². The Bertz CT molecular complexity index is 1120. The molecule has 3 aromatic rings. The van der Waals surface area contributed by atoms with Gasteiger partial charge in [-0.15, -0.1) is 0 Å². The number of Topliss-reactive ketones (excluding diaryl/α,β-unsaturated/α-hetero) is 1. The van der Waals surface area contributed by atoms with E-state index in [0.717, 1.165) is 12.1 Å². The van der Waals surface area contributed by atoms with Crippen LogP contribution in [0.2, 0.25) is 0 Å². The summed E-state index contributed by atoms with van der Waals surface area (Å²) in [5, 5.41) is 4.24. The molecule has 1 amide bonds. The zero-order chi connectivity index (χ0) is 21.8. The minimum absolute atomic E-state index is 0.0180. The summed E-state index contributed by atoms with van der Waals surface area (Å²) >= 11 is 0. The number of anilines is 1. The van der Waals surface area contributed by atoms with E-state index >= 15 is 0 Å². The van der Waals surface area contributed by atoms with E-state index in [-0.39, 0.29) is 23.1 Å². The maximum atomic E-state index is 12.6. The molecule has 158 valence electrons. The number of nitrogens with zero attached hydrogens (tertiary/aromatic N) is 3. The van der Waals surface area contributed by atoms with Crippen LogP contribution in [0.5, 0.6) is 5.75 Å². The summed E-state index contributed by atoms with van der Waals surface area (Å²) in [7, 11) is 1.43. The largest absolute Gasteiger partial charge is 0.493 e. The summed E-state index contributed by atoms with van der Waals surface area (Å²) in [5.74, 6) is -0.845. The molecule has 1 saturated heterocycles. The van der Waals surface area contributed by atoms with Gasteiger partial charge in [0, 0.05) is 24.2 Å². The van der Waals surface area contributed by atoms with Gasteiger partial charge in [-0.05, 0) is 30.7 Å². The molecular weight excluding hydrogens is 398 g/mol. The molecule has 2 heterocycles. The fraction of sp³-hybridized carbons (Fsp3) is 0.217. The summed E-state index contributed by atoms with van der Waals surface area (Å²) in [6.45, 7) is 0.187. The van der Waals surface area contributed by atoms with Gasteiger partial charge in [0.25, 0.3) is 0 Å². The van der Waals surface area contributed by atoms with Gasteiger partial charge in [0.1, 0.15) is 0 Å². The van der Waals surface area contributed by atoms with E-state index in [9.17, 15) is 14.4 Å². The smallest absolute Gasteiger partial charge is 0.363 e. The van der Waals surface area contributed by atoms with Gasteiger partial charge in [-0.1, -0.05) is 30.3 Å². The van der Waals surface area contributed by atoms with Crippen LogP contribution in [0.15, 0.2) is 60.8 Å². The summed E-state index contributed by atoms with van der Waals surface area (Å²) < 4.78 is 11.9. The fourth-order valence-electron chi connectivity index (χ4n) is 3.41. The first-order valence-electron chi connectivity index (χ1n) is 9.86. The van der Waals surface area contributed by atoms with E-state index in [1.54, 1.807) is 35.4 Å². The monoisotopic (exact) mass is 419 g/mol. The van der Waals surface area contributed by atoms with Crippen molar-refractivity contribution in [3.63, 3.8) is 0 Å². The van der Waals surface area contributed by atoms with Crippen LogP contribution in [0.3, 0.4) is 0 Å². The fourth-order valence-corrected chi connectivity index (χ4v) is 3.41. The third-order valence-corrected chi connectivity index (χ3v) is 5.00. The number of hydrogen-bond acceptors (Lipinski definition) is 6. The number of ether oxygens (including phenoxy) is 2. The summed E-state index contributed by atoms with van der Waals surface area (Å²) in [4.78, 5) is 38.7. The van der Waals surface area contributed by atoms with Crippen molar-refractivity contribution < 1.29 is 23.9 Å². The normalized spacial score (nSPS) is 13.3. The van der Waals surface area contributed by atoms with Crippen molar-refractivity contribution in [1.29, 1.82) is 0 Å². The zero-order valence-corrected chi connectivity index (χ0v) is 17.0. The van der Waals surface area contributed by atoms with Gasteiger partial charge in [0.2, 0.25) is 11.6 Å². The van der Waals surface area contributed by atoms with Crippen LogP contribution >= 0.6 is 0 Å². The highest BCUT2D eigenvalue weighted by atomic mass is 16.5. The third kappa shape index (κ3) is 4.32. The van der Waals surface area contributed by atoms with Crippen molar-refractivity contribution >= 4 is 23.3 Å². The second-order valence-corrected chi connectivity index (χ2v) is 7.02. The molecule has 8 nitrogen and oxygen atoms in total. The van der Waals surface area contributed by atoms with Gasteiger partial charge >= 0.3 is 5.97 Å². The van der Waals surface area contributed by atoms with Gasteiger partial charge < -0.3 is 14.4 Å². The van der Waals surface area contributed by atoms with Crippen LogP contribution in [-0.2, 0) is 9.53 Å². The molecule has 0 saturated carbocycles. The summed E-state index contributed by atoms with van der Waals surface area (Å²) in [6, 6.07) is 16.0. The Morgan fingerprint density at radius 1 is 1.06 bits per heavy atom. The van der Waals surface area contributed by atoms with Crippen molar-refractivity contribution in [2.75, 3.05) is 25.2 Å². The quantitative estimate of drug-likeness (QED) is 0.432. The third-order valence-electron chi connectivity index (χ3n) is 5.00. The predicted octanol–water partition coefficient (Wildman–Crippen LogP) is 3.05. The van der Waals surface area contributed by atoms with Gasteiger partial charge in [0.15, 0.2) is 18.1 Å². The molecule has 0 aliphatic carbocycles. The molecule has 0 bridgehead atoms.